The molecule has 0 aliphatic rings. The lowest BCUT2D eigenvalue weighted by Gasteiger charge is -2.06. The minimum absolute atomic E-state index is 0.0227. The first-order valence-corrected chi connectivity index (χ1v) is 9.22. The van der Waals surface area contributed by atoms with Crippen molar-refractivity contribution in [3.05, 3.63) is 70.5 Å². The number of imidazole rings is 1. The van der Waals surface area contributed by atoms with Crippen LogP contribution in [-0.2, 0) is 20.7 Å². The van der Waals surface area contributed by atoms with Gasteiger partial charge in [0, 0.05) is 16.7 Å². The zero-order valence-corrected chi connectivity index (χ0v) is 16.3. The van der Waals surface area contributed by atoms with Crippen LogP contribution in [-0.4, -0.2) is 27.9 Å². The van der Waals surface area contributed by atoms with E-state index >= 15 is 0 Å². The maximum Gasteiger partial charge on any atom is 0.312 e. The summed E-state index contributed by atoms with van der Waals surface area (Å²) in [6, 6.07) is 13.2. The number of amides is 1. The first-order chi connectivity index (χ1) is 13.1. The summed E-state index contributed by atoms with van der Waals surface area (Å²) in [6.07, 6.45) is 4.93. The van der Waals surface area contributed by atoms with Gasteiger partial charge in [0.05, 0.1) is 18.7 Å². The lowest BCUT2D eigenvalue weighted by molar-refractivity contribution is -0.142. The molecule has 3 rings (SSSR count). The van der Waals surface area contributed by atoms with Crippen molar-refractivity contribution in [2.75, 3.05) is 11.9 Å². The molecule has 27 heavy (non-hydrogen) atoms. The number of nitrogens with zero attached hydrogens (tertiary/aromatic N) is 2. The fourth-order valence-corrected chi connectivity index (χ4v) is 2.90. The van der Waals surface area contributed by atoms with E-state index in [0.717, 1.165) is 10.0 Å². The van der Waals surface area contributed by atoms with E-state index in [1.54, 1.807) is 29.7 Å². The molecule has 1 N–H and O–H groups in total. The number of esters is 1. The van der Waals surface area contributed by atoms with Crippen LogP contribution in [0.4, 0.5) is 5.82 Å². The second-order valence-electron chi connectivity index (χ2n) is 5.70. The summed E-state index contributed by atoms with van der Waals surface area (Å²) in [5.74, 6) is -0.261. The average molecular weight is 428 g/mol. The molecule has 3 aromatic rings. The third-order valence-corrected chi connectivity index (χ3v) is 4.21. The van der Waals surface area contributed by atoms with Crippen molar-refractivity contribution >= 4 is 45.3 Å². The van der Waals surface area contributed by atoms with E-state index in [1.165, 1.54) is 6.08 Å². The molecule has 0 spiro atoms. The molecule has 0 unspecified atom stereocenters. The molecule has 0 aliphatic heterocycles. The van der Waals surface area contributed by atoms with Crippen LogP contribution >= 0.6 is 15.9 Å². The van der Waals surface area contributed by atoms with Gasteiger partial charge in [0.2, 0.25) is 5.91 Å². The summed E-state index contributed by atoms with van der Waals surface area (Å²) >= 11 is 3.41. The standard InChI is InChI=1S/C20H18BrN3O3/c1-2-27-19(26)12-16-20(24-13-15(21)9-10-17(24)22-16)23-18(25)11-8-14-6-4-3-5-7-14/h3-11,13H,2,12H2,1H3,(H,23,25)/b11-8+. The third-order valence-electron chi connectivity index (χ3n) is 3.74. The van der Waals surface area contributed by atoms with Gasteiger partial charge in [-0.25, -0.2) is 4.98 Å². The SMILES string of the molecule is CCOC(=O)Cc1nc2ccc(Br)cn2c1NC(=O)/C=C/c1ccccc1. The van der Waals surface area contributed by atoms with Gasteiger partial charge in [0.1, 0.15) is 11.5 Å². The van der Waals surface area contributed by atoms with Crippen molar-refractivity contribution in [2.24, 2.45) is 0 Å². The molecule has 0 aliphatic carbocycles. The largest absolute Gasteiger partial charge is 0.466 e. The molecule has 0 saturated heterocycles. The summed E-state index contributed by atoms with van der Waals surface area (Å²) in [4.78, 5) is 28.8. The Kier molecular flexibility index (Phi) is 6.03. The zero-order valence-electron chi connectivity index (χ0n) is 14.7. The number of benzene rings is 1. The summed E-state index contributed by atoms with van der Waals surface area (Å²) in [6.45, 7) is 2.04. The number of aromatic nitrogens is 2. The van der Waals surface area contributed by atoms with Gasteiger partial charge in [-0.3, -0.25) is 14.0 Å². The Balaban J connectivity index is 1.88. The number of carbonyl (C=O) groups is 2. The Hall–Kier alpha value is -2.93. The molecule has 0 bridgehead atoms. The van der Waals surface area contributed by atoms with Crippen LogP contribution in [0.5, 0.6) is 0 Å². The van der Waals surface area contributed by atoms with Crippen LogP contribution < -0.4 is 5.32 Å². The number of hydrogen-bond donors (Lipinski definition) is 1. The van der Waals surface area contributed by atoms with Crippen LogP contribution in [0.2, 0.25) is 0 Å². The van der Waals surface area contributed by atoms with E-state index in [1.807, 2.05) is 36.4 Å². The van der Waals surface area contributed by atoms with E-state index in [9.17, 15) is 9.59 Å². The highest BCUT2D eigenvalue weighted by Gasteiger charge is 2.17. The van der Waals surface area contributed by atoms with Gasteiger partial charge in [0.15, 0.2) is 0 Å². The predicted molar refractivity (Wildman–Crippen MR) is 107 cm³/mol. The fourth-order valence-electron chi connectivity index (χ4n) is 2.57. The van der Waals surface area contributed by atoms with Gasteiger partial charge in [-0.15, -0.1) is 0 Å². The molecule has 1 aromatic carbocycles. The number of halogens is 1. The number of nitrogens with one attached hydrogen (secondary N) is 1. The summed E-state index contributed by atoms with van der Waals surface area (Å²) in [5, 5.41) is 2.82. The van der Waals surface area contributed by atoms with Gasteiger partial charge < -0.3 is 10.1 Å². The Morgan fingerprint density at radius 3 is 2.74 bits per heavy atom. The average Bonchev–Trinajstić information content (AvgIpc) is 2.97. The van der Waals surface area contributed by atoms with Gasteiger partial charge in [-0.05, 0) is 46.6 Å². The maximum atomic E-state index is 12.4. The minimum atomic E-state index is -0.393. The predicted octanol–water partition coefficient (Wildman–Crippen LogP) is 3.85. The van der Waals surface area contributed by atoms with E-state index < -0.39 is 5.97 Å². The molecular formula is C20H18BrN3O3. The number of carbonyl (C=O) groups excluding carboxylic acids is 2. The topological polar surface area (TPSA) is 72.7 Å². The Bertz CT molecular complexity index is 996. The number of ether oxygens (including phenoxy) is 1. The molecule has 1 amide bonds. The first-order valence-electron chi connectivity index (χ1n) is 8.43. The fraction of sp³-hybridized carbons (Fsp3) is 0.150. The smallest absolute Gasteiger partial charge is 0.312 e. The van der Waals surface area contributed by atoms with E-state index in [2.05, 4.69) is 26.2 Å². The van der Waals surface area contributed by atoms with Crippen molar-refractivity contribution in [3.63, 3.8) is 0 Å². The second kappa shape index (κ2) is 8.64. The first kappa shape index (κ1) is 18.8. The van der Waals surface area contributed by atoms with Gasteiger partial charge >= 0.3 is 5.97 Å². The van der Waals surface area contributed by atoms with Gasteiger partial charge in [-0.2, -0.15) is 0 Å². The number of hydrogen-bond acceptors (Lipinski definition) is 4. The quantitative estimate of drug-likeness (QED) is 0.478. The third kappa shape index (κ3) is 4.83. The van der Waals surface area contributed by atoms with Crippen LogP contribution in [0.15, 0.2) is 59.2 Å². The van der Waals surface area contributed by atoms with E-state index in [4.69, 9.17) is 4.74 Å². The molecule has 0 radical (unpaired) electrons. The van der Waals surface area contributed by atoms with Crippen molar-refractivity contribution in [2.45, 2.75) is 13.3 Å². The number of rotatable bonds is 6. The number of fused-ring (bicyclic) bond motifs is 1. The number of pyridine rings is 1. The lowest BCUT2D eigenvalue weighted by atomic mass is 10.2. The Morgan fingerprint density at radius 1 is 1.22 bits per heavy atom. The monoisotopic (exact) mass is 427 g/mol. The Labute approximate surface area is 165 Å². The molecule has 2 aromatic heterocycles. The van der Waals surface area contributed by atoms with Crippen molar-refractivity contribution in [1.82, 2.24) is 9.38 Å². The molecule has 6 nitrogen and oxygen atoms in total. The second-order valence-corrected chi connectivity index (χ2v) is 6.61. The lowest BCUT2D eigenvalue weighted by Crippen LogP contribution is -2.14. The van der Waals surface area contributed by atoms with Crippen molar-refractivity contribution in [1.29, 1.82) is 0 Å². The molecule has 0 saturated carbocycles. The molecule has 2 heterocycles. The van der Waals surface area contributed by atoms with Gasteiger partial charge in [-0.1, -0.05) is 30.3 Å². The minimum Gasteiger partial charge on any atom is -0.466 e. The highest BCUT2D eigenvalue weighted by Crippen LogP contribution is 2.22. The molecule has 138 valence electrons. The zero-order chi connectivity index (χ0) is 19.2. The highest BCUT2D eigenvalue weighted by atomic mass is 79.9. The molecule has 0 fully saturated rings. The van der Waals surface area contributed by atoms with Gasteiger partial charge in [0.25, 0.3) is 0 Å². The van der Waals surface area contributed by atoms with E-state index in [-0.39, 0.29) is 12.3 Å². The van der Waals surface area contributed by atoms with Crippen LogP contribution in [0.3, 0.4) is 0 Å². The highest BCUT2D eigenvalue weighted by molar-refractivity contribution is 9.10. The Morgan fingerprint density at radius 2 is 2.00 bits per heavy atom. The van der Waals surface area contributed by atoms with Crippen LogP contribution in [0.25, 0.3) is 11.7 Å². The molecular weight excluding hydrogens is 410 g/mol. The normalized spacial score (nSPS) is 11.0. The van der Waals surface area contributed by atoms with Crippen LogP contribution in [0.1, 0.15) is 18.2 Å². The van der Waals surface area contributed by atoms with Crippen molar-refractivity contribution in [3.8, 4) is 0 Å². The molecule has 0 atom stereocenters. The van der Waals surface area contributed by atoms with E-state index in [0.29, 0.717) is 23.8 Å². The van der Waals surface area contributed by atoms with Crippen molar-refractivity contribution < 1.29 is 14.3 Å². The molecule has 7 heteroatoms. The number of anilines is 1. The maximum absolute atomic E-state index is 12.4. The van der Waals surface area contributed by atoms with Crippen LogP contribution in [0, 0.1) is 0 Å². The summed E-state index contributed by atoms with van der Waals surface area (Å²) in [5.41, 5.74) is 1.99. The summed E-state index contributed by atoms with van der Waals surface area (Å²) in [7, 11) is 0. The summed E-state index contributed by atoms with van der Waals surface area (Å²) < 4.78 is 7.56.